The van der Waals surface area contributed by atoms with Gasteiger partial charge in [0.2, 0.25) is 0 Å². The molecule has 0 aliphatic carbocycles. The highest BCUT2D eigenvalue weighted by atomic mass is 35.5. The van der Waals surface area contributed by atoms with Crippen LogP contribution in [-0.4, -0.2) is 15.3 Å². The van der Waals surface area contributed by atoms with Crippen LogP contribution in [0.2, 0.25) is 5.02 Å². The fourth-order valence-electron chi connectivity index (χ4n) is 3.40. The number of rotatable bonds is 5. The Kier molecular flexibility index (Phi) is 5.51. The number of benzene rings is 2. The summed E-state index contributed by atoms with van der Waals surface area (Å²) in [6.07, 6.45) is 2.42. The minimum absolute atomic E-state index is 0.174. The maximum atomic E-state index is 12.9. The molecule has 0 saturated carbocycles. The third-order valence-corrected chi connectivity index (χ3v) is 5.18. The summed E-state index contributed by atoms with van der Waals surface area (Å²) in [5.41, 5.74) is 5.56. The highest BCUT2D eigenvalue weighted by Crippen LogP contribution is 2.21. The molecule has 0 aliphatic rings. The Morgan fingerprint density at radius 1 is 1.13 bits per heavy atom. The minimum atomic E-state index is -0.174. The number of hydrogen-bond acceptors (Lipinski definition) is 3. The van der Waals surface area contributed by atoms with E-state index in [-0.39, 0.29) is 5.91 Å². The van der Waals surface area contributed by atoms with Gasteiger partial charge in [-0.05, 0) is 41.3 Å². The van der Waals surface area contributed by atoms with Gasteiger partial charge in [-0.2, -0.15) is 5.26 Å². The number of fused-ring (bicyclic) bond motifs is 1. The fourth-order valence-corrected chi connectivity index (χ4v) is 3.56. The molecular formula is C24H19ClN4O. The number of nitrogens with one attached hydrogen (secondary N) is 1. The molecule has 0 radical (unpaired) electrons. The molecule has 1 N–H and O–H groups in total. The highest BCUT2D eigenvalue weighted by molar-refractivity contribution is 6.30. The van der Waals surface area contributed by atoms with Crippen LogP contribution in [-0.2, 0) is 13.0 Å². The third kappa shape index (κ3) is 3.91. The van der Waals surface area contributed by atoms with Crippen molar-refractivity contribution in [2.45, 2.75) is 19.9 Å². The normalized spacial score (nSPS) is 10.7. The van der Waals surface area contributed by atoms with E-state index >= 15 is 0 Å². The Balaban J connectivity index is 1.51. The second kappa shape index (κ2) is 8.40. The predicted molar refractivity (Wildman–Crippen MR) is 117 cm³/mol. The van der Waals surface area contributed by atoms with E-state index in [2.05, 4.69) is 16.4 Å². The first-order valence-electron chi connectivity index (χ1n) is 9.63. The van der Waals surface area contributed by atoms with Gasteiger partial charge in [0.05, 0.1) is 17.3 Å². The largest absolute Gasteiger partial charge is 0.347 e. The molecule has 5 nitrogen and oxygen atoms in total. The molecule has 0 atom stereocenters. The molecular weight excluding hydrogens is 396 g/mol. The Bertz CT molecular complexity index is 1270. The quantitative estimate of drug-likeness (QED) is 0.498. The zero-order chi connectivity index (χ0) is 21.1. The van der Waals surface area contributed by atoms with Gasteiger partial charge >= 0.3 is 0 Å². The number of halogens is 1. The Hall–Kier alpha value is -3.62. The number of nitriles is 1. The van der Waals surface area contributed by atoms with E-state index in [0.717, 1.165) is 22.4 Å². The van der Waals surface area contributed by atoms with Crippen LogP contribution in [0.1, 0.15) is 34.2 Å². The van der Waals surface area contributed by atoms with Crippen molar-refractivity contribution in [3.8, 4) is 17.2 Å². The van der Waals surface area contributed by atoms with Gasteiger partial charge in [0.25, 0.3) is 5.91 Å². The maximum Gasteiger partial charge on any atom is 0.270 e. The van der Waals surface area contributed by atoms with Crippen LogP contribution in [0, 0.1) is 11.3 Å². The number of aryl methyl sites for hydroxylation is 1. The number of amides is 1. The molecule has 4 rings (SSSR count). The lowest BCUT2D eigenvalue weighted by Crippen LogP contribution is -2.25. The van der Waals surface area contributed by atoms with E-state index in [4.69, 9.17) is 16.9 Å². The summed E-state index contributed by atoms with van der Waals surface area (Å²) in [7, 11) is 0. The number of carbonyl (C=O) groups is 1. The molecule has 30 heavy (non-hydrogen) atoms. The lowest BCUT2D eigenvalue weighted by Gasteiger charge is -2.08. The Morgan fingerprint density at radius 2 is 1.93 bits per heavy atom. The van der Waals surface area contributed by atoms with Gasteiger partial charge in [-0.1, -0.05) is 54.9 Å². The second-order valence-electron chi connectivity index (χ2n) is 6.91. The molecule has 2 heterocycles. The molecule has 4 aromatic rings. The first-order chi connectivity index (χ1) is 14.6. The first-order valence-corrected chi connectivity index (χ1v) is 10.0. The second-order valence-corrected chi connectivity index (χ2v) is 7.34. The molecule has 0 saturated heterocycles. The van der Waals surface area contributed by atoms with Gasteiger partial charge in [-0.3, -0.25) is 9.20 Å². The summed E-state index contributed by atoms with van der Waals surface area (Å²) < 4.78 is 1.77. The van der Waals surface area contributed by atoms with Crippen LogP contribution in [0.15, 0.2) is 66.9 Å². The van der Waals surface area contributed by atoms with Gasteiger partial charge in [-0.25, -0.2) is 4.98 Å². The average Bonchev–Trinajstić information content (AvgIpc) is 3.15. The lowest BCUT2D eigenvalue weighted by atomic mass is 10.0. The number of aromatic nitrogens is 2. The highest BCUT2D eigenvalue weighted by Gasteiger charge is 2.18. The van der Waals surface area contributed by atoms with Crippen LogP contribution >= 0.6 is 11.6 Å². The van der Waals surface area contributed by atoms with Crippen LogP contribution < -0.4 is 5.32 Å². The van der Waals surface area contributed by atoms with E-state index in [0.29, 0.717) is 34.9 Å². The summed E-state index contributed by atoms with van der Waals surface area (Å²) in [5.74, 6) is -0.174. The van der Waals surface area contributed by atoms with Crippen molar-refractivity contribution < 1.29 is 4.79 Å². The SMILES string of the molecule is CCc1nc2cc(Cl)ccn2c1C(=O)NCc1ccc(-c2cccc(C#N)c2)cc1. The molecule has 6 heteroatoms. The van der Waals surface area contributed by atoms with Gasteiger partial charge in [0.15, 0.2) is 0 Å². The van der Waals surface area contributed by atoms with Gasteiger partial charge < -0.3 is 5.32 Å². The number of carbonyl (C=O) groups excluding carboxylic acids is 1. The standard InChI is InChI=1S/C24H19ClN4O/c1-2-21-23(29-11-10-20(25)13-22(29)28-21)24(30)27-15-16-6-8-18(9-7-16)19-5-3-4-17(12-19)14-26/h3-13H,2,15H2,1H3,(H,27,30). The molecule has 2 aromatic carbocycles. The summed E-state index contributed by atoms with van der Waals surface area (Å²) >= 11 is 6.05. The van der Waals surface area contributed by atoms with Crippen LogP contribution in [0.25, 0.3) is 16.8 Å². The summed E-state index contributed by atoms with van der Waals surface area (Å²) in [6.45, 7) is 2.38. The molecule has 148 valence electrons. The topological polar surface area (TPSA) is 70.2 Å². The first kappa shape index (κ1) is 19.7. The van der Waals surface area contributed by atoms with Crippen molar-refractivity contribution in [2.75, 3.05) is 0 Å². The van der Waals surface area contributed by atoms with E-state index < -0.39 is 0 Å². The third-order valence-electron chi connectivity index (χ3n) is 4.94. The zero-order valence-electron chi connectivity index (χ0n) is 16.4. The average molecular weight is 415 g/mol. The van der Waals surface area contributed by atoms with Crippen molar-refractivity contribution in [3.05, 3.63) is 94.4 Å². The molecule has 0 fully saturated rings. The van der Waals surface area contributed by atoms with Crippen molar-refractivity contribution >= 4 is 23.2 Å². The maximum absolute atomic E-state index is 12.9. The van der Waals surface area contributed by atoms with E-state index in [9.17, 15) is 4.79 Å². The van der Waals surface area contributed by atoms with Crippen LogP contribution in [0.3, 0.4) is 0 Å². The van der Waals surface area contributed by atoms with Crippen molar-refractivity contribution in [2.24, 2.45) is 0 Å². The smallest absolute Gasteiger partial charge is 0.270 e. The Morgan fingerprint density at radius 3 is 2.67 bits per heavy atom. The lowest BCUT2D eigenvalue weighted by molar-refractivity contribution is 0.0944. The van der Waals surface area contributed by atoms with E-state index in [1.54, 1.807) is 28.8 Å². The molecule has 0 bridgehead atoms. The number of hydrogen-bond donors (Lipinski definition) is 1. The molecule has 0 aliphatic heterocycles. The number of pyridine rings is 1. The van der Waals surface area contributed by atoms with Crippen molar-refractivity contribution in [1.82, 2.24) is 14.7 Å². The predicted octanol–water partition coefficient (Wildman–Crippen LogP) is 5.02. The zero-order valence-corrected chi connectivity index (χ0v) is 17.1. The number of imidazole rings is 1. The van der Waals surface area contributed by atoms with E-state index in [1.807, 2.05) is 49.4 Å². The monoisotopic (exact) mass is 414 g/mol. The summed E-state index contributed by atoms with van der Waals surface area (Å²) in [5, 5.41) is 12.6. The van der Waals surface area contributed by atoms with Gasteiger partial charge in [0.1, 0.15) is 11.3 Å². The van der Waals surface area contributed by atoms with Gasteiger partial charge in [-0.15, -0.1) is 0 Å². The molecule has 1 amide bonds. The minimum Gasteiger partial charge on any atom is -0.347 e. The molecule has 2 aromatic heterocycles. The summed E-state index contributed by atoms with van der Waals surface area (Å²) in [6, 6.07) is 21.1. The van der Waals surface area contributed by atoms with Gasteiger partial charge in [0, 0.05) is 23.8 Å². The van der Waals surface area contributed by atoms with E-state index in [1.165, 1.54) is 0 Å². The number of nitrogens with zero attached hydrogens (tertiary/aromatic N) is 3. The van der Waals surface area contributed by atoms with Crippen LogP contribution in [0.5, 0.6) is 0 Å². The fraction of sp³-hybridized carbons (Fsp3) is 0.125. The Labute approximate surface area is 179 Å². The van der Waals surface area contributed by atoms with Crippen molar-refractivity contribution in [3.63, 3.8) is 0 Å². The van der Waals surface area contributed by atoms with Crippen LogP contribution in [0.4, 0.5) is 0 Å². The molecule has 0 spiro atoms. The summed E-state index contributed by atoms with van der Waals surface area (Å²) in [4.78, 5) is 17.4. The van der Waals surface area contributed by atoms with Crippen molar-refractivity contribution in [1.29, 1.82) is 5.26 Å². The molecule has 0 unspecified atom stereocenters.